The molecule has 0 aliphatic carbocycles. The maximum Gasteiger partial charge on any atom is 0.165 e. The largest absolute Gasteiger partial charge is 0.365 e. The molecular weight excluding hydrogens is 198 g/mol. The van der Waals surface area contributed by atoms with E-state index in [2.05, 4.69) is 18.4 Å². The molecule has 0 spiro atoms. The van der Waals surface area contributed by atoms with Gasteiger partial charge in [0.2, 0.25) is 0 Å². The molecule has 1 heterocycles. The van der Waals surface area contributed by atoms with Crippen molar-refractivity contribution >= 4 is 11.5 Å². The Hall–Kier alpha value is -1.57. The van der Waals surface area contributed by atoms with Gasteiger partial charge in [0.05, 0.1) is 0 Å². The molecule has 0 fully saturated rings. The van der Waals surface area contributed by atoms with Crippen LogP contribution in [0.5, 0.6) is 0 Å². The molecule has 0 saturated heterocycles. The highest BCUT2D eigenvalue weighted by Crippen LogP contribution is 2.27. The molecular formula is C14H17NO. The molecule has 0 saturated carbocycles. The first kappa shape index (κ1) is 10.9. The van der Waals surface area contributed by atoms with Crippen molar-refractivity contribution in [1.29, 1.82) is 0 Å². The average molecular weight is 215 g/mol. The van der Waals surface area contributed by atoms with Crippen LogP contribution in [0.1, 0.15) is 30.1 Å². The highest BCUT2D eigenvalue weighted by Gasteiger charge is 2.22. The fraction of sp³-hybridized carbons (Fsp3) is 0.357. The molecule has 0 radical (unpaired) electrons. The van der Waals surface area contributed by atoms with Crippen molar-refractivity contribution in [2.45, 2.75) is 25.8 Å². The maximum atomic E-state index is 11.9. The highest BCUT2D eigenvalue weighted by molar-refractivity contribution is 6.02. The number of anilines is 1. The quantitative estimate of drug-likeness (QED) is 0.707. The molecule has 1 aliphatic rings. The van der Waals surface area contributed by atoms with Gasteiger partial charge < -0.3 is 4.90 Å². The summed E-state index contributed by atoms with van der Waals surface area (Å²) in [6.45, 7) is 6.87. The first-order chi connectivity index (χ1) is 7.74. The van der Waals surface area contributed by atoms with Crippen molar-refractivity contribution in [3.05, 3.63) is 42.5 Å². The van der Waals surface area contributed by atoms with E-state index in [0.29, 0.717) is 6.42 Å². The van der Waals surface area contributed by atoms with Crippen LogP contribution in [0.25, 0.3) is 0 Å². The minimum atomic E-state index is 0.259. The van der Waals surface area contributed by atoms with Gasteiger partial charge in [0, 0.05) is 30.3 Å². The third-order valence-corrected chi connectivity index (χ3v) is 3.15. The topological polar surface area (TPSA) is 20.3 Å². The number of hydrogen-bond donors (Lipinski definition) is 0. The second-order valence-corrected chi connectivity index (χ2v) is 4.21. The van der Waals surface area contributed by atoms with E-state index in [-0.39, 0.29) is 11.8 Å². The summed E-state index contributed by atoms with van der Waals surface area (Å²) in [6.07, 6.45) is 3.50. The Bertz CT molecular complexity index is 411. The van der Waals surface area contributed by atoms with Crippen LogP contribution >= 0.6 is 0 Å². The van der Waals surface area contributed by atoms with Gasteiger partial charge in [0.1, 0.15) is 0 Å². The summed E-state index contributed by atoms with van der Waals surface area (Å²) in [5.74, 6) is 0.259. The Morgan fingerprint density at radius 2 is 2.19 bits per heavy atom. The summed E-state index contributed by atoms with van der Waals surface area (Å²) >= 11 is 0. The van der Waals surface area contributed by atoms with E-state index < -0.39 is 0 Å². The lowest BCUT2D eigenvalue weighted by Gasteiger charge is -2.29. The summed E-state index contributed by atoms with van der Waals surface area (Å²) in [4.78, 5) is 14.2. The fourth-order valence-corrected chi connectivity index (χ4v) is 2.18. The van der Waals surface area contributed by atoms with Gasteiger partial charge in [-0.05, 0) is 25.5 Å². The molecule has 16 heavy (non-hydrogen) atoms. The Labute approximate surface area is 96.6 Å². The van der Waals surface area contributed by atoms with Gasteiger partial charge in [-0.25, -0.2) is 0 Å². The van der Waals surface area contributed by atoms with Gasteiger partial charge in [-0.2, -0.15) is 0 Å². The second-order valence-electron chi connectivity index (χ2n) is 4.21. The molecule has 1 aliphatic heterocycles. The molecule has 84 valence electrons. The van der Waals surface area contributed by atoms with Crippen molar-refractivity contribution in [2.24, 2.45) is 0 Å². The zero-order valence-corrected chi connectivity index (χ0v) is 9.65. The average Bonchev–Trinajstić information content (AvgIpc) is 2.49. The lowest BCUT2D eigenvalue weighted by molar-refractivity contribution is 0.0984. The SMILES string of the molecule is C=CC(C)N1CCCC(=O)c2ccccc21. The minimum Gasteiger partial charge on any atom is -0.365 e. The lowest BCUT2D eigenvalue weighted by atomic mass is 10.1. The molecule has 2 rings (SSSR count). The molecule has 0 N–H and O–H groups in total. The summed E-state index contributed by atoms with van der Waals surface area (Å²) in [5.41, 5.74) is 1.91. The Morgan fingerprint density at radius 1 is 1.44 bits per heavy atom. The normalized spacial score (nSPS) is 17.6. The van der Waals surface area contributed by atoms with E-state index in [1.54, 1.807) is 0 Å². The molecule has 0 aromatic heterocycles. The summed E-state index contributed by atoms with van der Waals surface area (Å²) in [7, 11) is 0. The van der Waals surface area contributed by atoms with Crippen LogP contribution in [0.2, 0.25) is 0 Å². The summed E-state index contributed by atoms with van der Waals surface area (Å²) < 4.78 is 0. The molecule has 2 heteroatoms. The zero-order chi connectivity index (χ0) is 11.5. The number of para-hydroxylation sites is 1. The molecule has 1 aromatic carbocycles. The molecule has 2 nitrogen and oxygen atoms in total. The predicted molar refractivity (Wildman–Crippen MR) is 67.0 cm³/mol. The van der Waals surface area contributed by atoms with Gasteiger partial charge >= 0.3 is 0 Å². The van der Waals surface area contributed by atoms with Gasteiger partial charge in [-0.1, -0.05) is 18.2 Å². The van der Waals surface area contributed by atoms with Crippen molar-refractivity contribution in [3.8, 4) is 0 Å². The van der Waals surface area contributed by atoms with Crippen molar-refractivity contribution in [3.63, 3.8) is 0 Å². The first-order valence-electron chi connectivity index (χ1n) is 5.75. The van der Waals surface area contributed by atoms with Gasteiger partial charge in [-0.15, -0.1) is 6.58 Å². The number of rotatable bonds is 2. The molecule has 0 amide bonds. The van der Waals surface area contributed by atoms with Gasteiger partial charge in [0.25, 0.3) is 0 Å². The number of Topliss-reactive ketones (excluding diaryl/α,β-unsaturated/α-hetero) is 1. The highest BCUT2D eigenvalue weighted by atomic mass is 16.1. The Kier molecular flexibility index (Phi) is 3.09. The molecule has 1 aromatic rings. The lowest BCUT2D eigenvalue weighted by Crippen LogP contribution is -2.32. The zero-order valence-electron chi connectivity index (χ0n) is 9.65. The van der Waals surface area contributed by atoms with Crippen LogP contribution in [0.15, 0.2) is 36.9 Å². The number of benzene rings is 1. The van der Waals surface area contributed by atoms with E-state index in [9.17, 15) is 4.79 Å². The monoisotopic (exact) mass is 215 g/mol. The molecule has 0 bridgehead atoms. The van der Waals surface area contributed by atoms with Gasteiger partial charge in [-0.3, -0.25) is 4.79 Å². The van der Waals surface area contributed by atoms with E-state index >= 15 is 0 Å². The van der Waals surface area contributed by atoms with Crippen LogP contribution < -0.4 is 4.90 Å². The van der Waals surface area contributed by atoms with Crippen LogP contribution in [0.3, 0.4) is 0 Å². The summed E-state index contributed by atoms with van der Waals surface area (Å²) in [6, 6.07) is 8.13. The number of nitrogens with zero attached hydrogens (tertiary/aromatic N) is 1. The van der Waals surface area contributed by atoms with Crippen molar-refractivity contribution in [1.82, 2.24) is 0 Å². The number of hydrogen-bond acceptors (Lipinski definition) is 2. The predicted octanol–water partition coefficient (Wildman–Crippen LogP) is 3.04. The fourth-order valence-electron chi connectivity index (χ4n) is 2.18. The van der Waals surface area contributed by atoms with Crippen molar-refractivity contribution in [2.75, 3.05) is 11.4 Å². The van der Waals surface area contributed by atoms with Gasteiger partial charge in [0.15, 0.2) is 5.78 Å². The van der Waals surface area contributed by atoms with Crippen LogP contribution in [0.4, 0.5) is 5.69 Å². The number of ketones is 1. The van der Waals surface area contributed by atoms with Crippen molar-refractivity contribution < 1.29 is 4.79 Å². The molecule has 1 unspecified atom stereocenters. The summed E-state index contributed by atoms with van der Waals surface area (Å²) in [5, 5.41) is 0. The van der Waals surface area contributed by atoms with Crippen LogP contribution in [-0.2, 0) is 0 Å². The smallest absolute Gasteiger partial charge is 0.165 e. The van der Waals surface area contributed by atoms with Crippen LogP contribution in [0, 0.1) is 0 Å². The number of carbonyl (C=O) groups is 1. The van der Waals surface area contributed by atoms with E-state index in [1.165, 1.54) is 0 Å². The third-order valence-electron chi connectivity index (χ3n) is 3.15. The minimum absolute atomic E-state index is 0.259. The standard InChI is InChI=1S/C14H17NO/c1-3-11(2)15-10-6-9-14(16)12-7-4-5-8-13(12)15/h3-5,7-8,11H,1,6,9-10H2,2H3. The van der Waals surface area contributed by atoms with E-state index in [1.807, 2.05) is 30.3 Å². The molecule has 1 atom stereocenters. The first-order valence-corrected chi connectivity index (χ1v) is 5.75. The van der Waals surface area contributed by atoms with Crippen LogP contribution in [-0.4, -0.2) is 18.4 Å². The second kappa shape index (κ2) is 4.52. The maximum absolute atomic E-state index is 11.9. The Balaban J connectivity index is 2.46. The Morgan fingerprint density at radius 3 is 2.94 bits per heavy atom. The van der Waals surface area contributed by atoms with E-state index in [0.717, 1.165) is 24.2 Å². The number of carbonyl (C=O) groups excluding carboxylic acids is 1. The van der Waals surface area contributed by atoms with E-state index in [4.69, 9.17) is 0 Å². The number of fused-ring (bicyclic) bond motifs is 1. The third kappa shape index (κ3) is 1.87.